The van der Waals surface area contributed by atoms with Crippen LogP contribution < -0.4 is 5.32 Å². The van der Waals surface area contributed by atoms with Gasteiger partial charge in [0, 0.05) is 45.5 Å². The lowest BCUT2D eigenvalue weighted by atomic mass is 10.0. The molecule has 2 aliphatic carbocycles. The first kappa shape index (κ1) is 34.1. The first-order valence-corrected chi connectivity index (χ1v) is 17.3. The van der Waals surface area contributed by atoms with Crippen LogP contribution in [0.25, 0.3) is 11.1 Å². The van der Waals surface area contributed by atoms with Gasteiger partial charge in [-0.1, -0.05) is 72.8 Å². The van der Waals surface area contributed by atoms with Gasteiger partial charge in [-0.15, -0.1) is 0 Å². The van der Waals surface area contributed by atoms with Crippen LogP contribution in [0.2, 0.25) is 0 Å². The third-order valence-corrected chi connectivity index (χ3v) is 9.91. The Morgan fingerprint density at radius 1 is 0.854 bits per heavy atom. The summed E-state index contributed by atoms with van der Waals surface area (Å²) >= 11 is 0. The Balaban J connectivity index is 0.873. The molecule has 0 radical (unpaired) electrons. The molecule has 48 heavy (non-hydrogen) atoms. The van der Waals surface area contributed by atoms with Crippen LogP contribution in [0.5, 0.6) is 0 Å². The van der Waals surface area contributed by atoms with Gasteiger partial charge in [-0.2, -0.15) is 0 Å². The topological polar surface area (TPSA) is 89.6 Å². The Bertz CT molecular complexity index is 1460. The molecule has 9 heteroatoms. The fourth-order valence-corrected chi connectivity index (χ4v) is 7.23. The summed E-state index contributed by atoms with van der Waals surface area (Å²) in [7, 11) is 3.19. The van der Waals surface area contributed by atoms with Crippen molar-refractivity contribution >= 4 is 17.7 Å². The number of nitrogens with zero attached hydrogens (tertiary/aromatic N) is 2. The largest absolute Gasteiger partial charge is 0.446 e. The number of carbonyl (C=O) groups is 2. The Labute approximate surface area is 284 Å². The number of likely N-dealkylation sites (tertiary alicyclic amines) is 1. The summed E-state index contributed by atoms with van der Waals surface area (Å²) < 4.78 is 22.3. The molecule has 3 aliphatic rings. The maximum absolute atomic E-state index is 12.9. The average Bonchev–Trinajstić information content (AvgIpc) is 3.78. The second-order valence-corrected chi connectivity index (χ2v) is 13.4. The summed E-state index contributed by atoms with van der Waals surface area (Å²) in [6.07, 6.45) is 4.29. The van der Waals surface area contributed by atoms with Crippen LogP contribution in [-0.2, 0) is 36.7 Å². The van der Waals surface area contributed by atoms with E-state index in [0.29, 0.717) is 44.1 Å². The number of nitrogens with one attached hydrogen (secondary N) is 1. The van der Waals surface area contributed by atoms with Gasteiger partial charge >= 0.3 is 6.09 Å². The van der Waals surface area contributed by atoms with E-state index in [0.717, 1.165) is 68.6 Å². The number of amides is 2. The molecule has 9 nitrogen and oxygen atoms in total. The van der Waals surface area contributed by atoms with E-state index in [1.807, 2.05) is 59.5 Å². The fourth-order valence-electron chi connectivity index (χ4n) is 7.23. The molecule has 3 aromatic carbocycles. The zero-order valence-corrected chi connectivity index (χ0v) is 28.2. The number of anilines is 1. The quantitative estimate of drug-likeness (QED) is 0.142. The van der Waals surface area contributed by atoms with Gasteiger partial charge in [0.2, 0.25) is 5.91 Å². The number of hydrogen-bond acceptors (Lipinski definition) is 7. The summed E-state index contributed by atoms with van der Waals surface area (Å²) in [4.78, 5) is 30.0. The lowest BCUT2D eigenvalue weighted by Gasteiger charge is -2.26. The smallest absolute Gasteiger partial charge is 0.411 e. The minimum Gasteiger partial charge on any atom is -0.446 e. The van der Waals surface area contributed by atoms with Crippen LogP contribution in [0, 0.1) is 11.8 Å². The molecule has 3 aromatic rings. The van der Waals surface area contributed by atoms with E-state index >= 15 is 0 Å². The first-order valence-electron chi connectivity index (χ1n) is 17.3. The second-order valence-electron chi connectivity index (χ2n) is 13.4. The van der Waals surface area contributed by atoms with Gasteiger partial charge in [0.1, 0.15) is 6.10 Å². The van der Waals surface area contributed by atoms with E-state index in [2.05, 4.69) is 34.5 Å². The highest BCUT2D eigenvalue weighted by Crippen LogP contribution is 2.40. The molecule has 6 rings (SSSR count). The van der Waals surface area contributed by atoms with E-state index in [-0.39, 0.29) is 18.1 Å². The number of fused-ring (bicyclic) bond motifs is 1. The van der Waals surface area contributed by atoms with Crippen molar-refractivity contribution in [3.63, 3.8) is 0 Å². The van der Waals surface area contributed by atoms with Crippen molar-refractivity contribution in [3.05, 3.63) is 90.0 Å². The maximum atomic E-state index is 12.9. The predicted octanol–water partition coefficient (Wildman–Crippen LogP) is 6.37. The highest BCUT2D eigenvalue weighted by molar-refractivity contribution is 5.91. The number of benzene rings is 3. The molecule has 256 valence electrons. The second kappa shape index (κ2) is 16.6. The Morgan fingerprint density at radius 2 is 1.52 bits per heavy atom. The van der Waals surface area contributed by atoms with Gasteiger partial charge in [-0.3, -0.25) is 15.0 Å². The van der Waals surface area contributed by atoms with Crippen LogP contribution in [0.1, 0.15) is 43.2 Å². The summed E-state index contributed by atoms with van der Waals surface area (Å²) in [6.45, 7) is 4.46. The Morgan fingerprint density at radius 3 is 2.21 bits per heavy atom. The van der Waals surface area contributed by atoms with E-state index in [4.69, 9.17) is 18.9 Å². The van der Waals surface area contributed by atoms with Crippen LogP contribution >= 0.6 is 0 Å². The van der Waals surface area contributed by atoms with Gasteiger partial charge in [-0.05, 0) is 66.7 Å². The number of ether oxygens (including phenoxy) is 4. The maximum Gasteiger partial charge on any atom is 0.411 e. The third-order valence-electron chi connectivity index (χ3n) is 9.91. The molecule has 2 amide bonds. The van der Waals surface area contributed by atoms with E-state index in [9.17, 15) is 9.59 Å². The normalized spacial score (nSPS) is 20.5. The number of carbonyl (C=O) groups excluding carboxylic acids is 2. The Hall–Kier alpha value is -3.76. The molecule has 3 atom stereocenters. The number of para-hydroxylation sites is 1. The minimum absolute atomic E-state index is 0.0403. The van der Waals surface area contributed by atoms with E-state index < -0.39 is 6.29 Å². The van der Waals surface area contributed by atoms with E-state index in [1.54, 1.807) is 14.2 Å². The lowest BCUT2D eigenvalue weighted by Crippen LogP contribution is -2.40. The van der Waals surface area contributed by atoms with Gasteiger partial charge in [0.15, 0.2) is 6.29 Å². The van der Waals surface area contributed by atoms with Crippen LogP contribution in [0.4, 0.5) is 10.5 Å². The monoisotopic (exact) mass is 655 g/mol. The average molecular weight is 656 g/mol. The van der Waals surface area contributed by atoms with Crippen molar-refractivity contribution < 1.29 is 28.5 Å². The van der Waals surface area contributed by atoms with E-state index in [1.165, 1.54) is 11.1 Å². The summed E-state index contributed by atoms with van der Waals surface area (Å²) in [5, 5.41) is 2.99. The van der Waals surface area contributed by atoms with Crippen molar-refractivity contribution in [1.82, 2.24) is 9.80 Å². The fraction of sp³-hybridized carbons (Fsp3) is 0.487. The van der Waals surface area contributed by atoms with Crippen LogP contribution in [0.15, 0.2) is 78.9 Å². The van der Waals surface area contributed by atoms with Crippen molar-refractivity contribution in [3.8, 4) is 11.1 Å². The molecule has 1 heterocycles. The van der Waals surface area contributed by atoms with Crippen molar-refractivity contribution in [2.24, 2.45) is 11.8 Å². The van der Waals surface area contributed by atoms with Gasteiger partial charge in [0.25, 0.3) is 0 Å². The molecule has 0 unspecified atom stereocenters. The molecule has 1 aliphatic heterocycles. The zero-order chi connectivity index (χ0) is 33.3. The summed E-state index contributed by atoms with van der Waals surface area (Å²) in [6, 6.07) is 27.0. The molecule has 0 spiro atoms. The molecular weight excluding hydrogens is 606 g/mol. The number of methoxy groups -OCH3 is 2. The summed E-state index contributed by atoms with van der Waals surface area (Å²) in [5.41, 5.74) is 5.34. The first-order chi connectivity index (χ1) is 23.5. The molecule has 0 bridgehead atoms. The van der Waals surface area contributed by atoms with Gasteiger partial charge in [0.05, 0.1) is 31.9 Å². The Kier molecular flexibility index (Phi) is 11.8. The van der Waals surface area contributed by atoms with Crippen molar-refractivity contribution in [2.75, 3.05) is 52.4 Å². The van der Waals surface area contributed by atoms with Crippen molar-refractivity contribution in [1.29, 1.82) is 0 Å². The van der Waals surface area contributed by atoms with Crippen molar-refractivity contribution in [2.45, 2.75) is 63.5 Å². The highest BCUT2D eigenvalue weighted by atomic mass is 16.7. The SMILES string of the molecule is COC(CN(C(=O)CCOCCc1ccc(CN2C[C@H]3C[C@@H](OC(=O)Nc4ccccc4-c4ccccc4)C[C@H]3C2)cc1)C1CC1)OC. The standard InChI is InChI=1S/C39H49N3O6/c1-45-38(46-2)27-42(33-16-17-33)37(43)19-21-47-20-18-28-12-14-29(15-13-28)24-41-25-31-22-34(23-32(31)26-41)48-39(44)40-36-11-7-6-10-35(36)30-8-4-3-5-9-30/h3-15,31-34,38H,16-27H2,1-2H3,(H,40,44)/t31-,32+,34-. The number of rotatable bonds is 16. The van der Waals surface area contributed by atoms with Gasteiger partial charge < -0.3 is 23.8 Å². The van der Waals surface area contributed by atoms with Crippen LogP contribution in [-0.4, -0.2) is 87.3 Å². The number of hydrogen-bond donors (Lipinski definition) is 1. The third kappa shape index (κ3) is 9.23. The molecule has 2 saturated carbocycles. The highest BCUT2D eigenvalue weighted by Gasteiger charge is 2.42. The molecular formula is C39H49N3O6. The molecule has 3 fully saturated rings. The van der Waals surface area contributed by atoms with Gasteiger partial charge in [-0.25, -0.2) is 4.79 Å². The van der Waals surface area contributed by atoms with Crippen LogP contribution in [0.3, 0.4) is 0 Å². The predicted molar refractivity (Wildman–Crippen MR) is 185 cm³/mol. The lowest BCUT2D eigenvalue weighted by molar-refractivity contribution is -0.147. The zero-order valence-electron chi connectivity index (χ0n) is 28.2. The molecule has 1 saturated heterocycles. The molecule has 0 aromatic heterocycles. The minimum atomic E-state index is -0.398. The summed E-state index contributed by atoms with van der Waals surface area (Å²) in [5.74, 6) is 1.21. The molecule has 1 N–H and O–H groups in total.